The van der Waals surface area contributed by atoms with Crippen molar-refractivity contribution in [2.24, 2.45) is 0 Å². The Morgan fingerprint density at radius 1 is 1.38 bits per heavy atom. The van der Waals surface area contributed by atoms with E-state index in [1.807, 2.05) is 17.4 Å². The minimum atomic E-state index is 0.858. The molecule has 0 bridgehead atoms. The first-order valence-electron chi connectivity index (χ1n) is 4.50. The third-order valence-corrected chi connectivity index (χ3v) is 3.78. The molecule has 13 heavy (non-hydrogen) atoms. The molecule has 0 spiro atoms. The van der Waals surface area contributed by atoms with Crippen molar-refractivity contribution in [2.45, 2.75) is 20.3 Å². The fourth-order valence-electron chi connectivity index (χ4n) is 1.63. The van der Waals surface area contributed by atoms with Gasteiger partial charge in [0.05, 0.1) is 0 Å². The van der Waals surface area contributed by atoms with Gasteiger partial charge in [-0.2, -0.15) is 0 Å². The topological polar surface area (TPSA) is 26.0 Å². The van der Waals surface area contributed by atoms with Crippen molar-refractivity contribution in [1.82, 2.24) is 0 Å². The van der Waals surface area contributed by atoms with Crippen molar-refractivity contribution in [2.75, 3.05) is 5.73 Å². The highest BCUT2D eigenvalue weighted by molar-refractivity contribution is 7.19. The van der Waals surface area contributed by atoms with Gasteiger partial charge in [0.15, 0.2) is 0 Å². The summed E-state index contributed by atoms with van der Waals surface area (Å²) in [4.78, 5) is 1.47. The average molecular weight is 191 g/mol. The molecule has 0 atom stereocenters. The van der Waals surface area contributed by atoms with Gasteiger partial charge in [-0.3, -0.25) is 0 Å². The molecule has 0 amide bonds. The second kappa shape index (κ2) is 3.04. The zero-order valence-corrected chi connectivity index (χ0v) is 8.74. The number of fused-ring (bicyclic) bond motifs is 1. The normalized spacial score (nSPS) is 10.9. The van der Waals surface area contributed by atoms with E-state index < -0.39 is 0 Å². The summed E-state index contributed by atoms with van der Waals surface area (Å²) in [7, 11) is 0. The van der Waals surface area contributed by atoms with Crippen molar-refractivity contribution in [3.63, 3.8) is 0 Å². The summed E-state index contributed by atoms with van der Waals surface area (Å²) in [5.74, 6) is 0. The summed E-state index contributed by atoms with van der Waals surface area (Å²) in [5.41, 5.74) is 8.01. The van der Waals surface area contributed by atoms with Crippen LogP contribution in [0.4, 0.5) is 5.69 Å². The van der Waals surface area contributed by atoms with E-state index in [1.165, 1.54) is 20.5 Å². The predicted octanol–water partition coefficient (Wildman–Crippen LogP) is 3.35. The predicted molar refractivity (Wildman–Crippen MR) is 60.4 cm³/mol. The van der Waals surface area contributed by atoms with Crippen LogP contribution >= 0.6 is 11.3 Å². The lowest BCUT2D eigenvalue weighted by Crippen LogP contribution is -1.81. The van der Waals surface area contributed by atoms with Crippen molar-refractivity contribution in [1.29, 1.82) is 0 Å². The fourth-order valence-corrected chi connectivity index (χ4v) is 2.83. The maximum Gasteiger partial charge on any atom is 0.0368 e. The van der Waals surface area contributed by atoms with Gasteiger partial charge < -0.3 is 5.73 Å². The molecule has 0 aliphatic carbocycles. The highest BCUT2D eigenvalue weighted by Crippen LogP contribution is 2.32. The Morgan fingerprint density at radius 3 is 2.85 bits per heavy atom. The summed E-state index contributed by atoms with van der Waals surface area (Å²) in [5, 5.41) is 1.36. The molecule has 2 aromatic rings. The Kier molecular flexibility index (Phi) is 2.00. The number of nitrogens with two attached hydrogens (primary N) is 1. The number of hydrogen-bond acceptors (Lipinski definition) is 2. The summed E-state index contributed by atoms with van der Waals surface area (Å²) >= 11 is 1.86. The lowest BCUT2D eigenvalue weighted by atomic mass is 10.1. The number of aryl methyl sites for hydroxylation is 2. The summed E-state index contributed by atoms with van der Waals surface area (Å²) in [6.45, 7) is 4.38. The lowest BCUT2D eigenvalue weighted by molar-refractivity contribution is 1.16. The molecular weight excluding hydrogens is 178 g/mol. The summed E-state index contributed by atoms with van der Waals surface area (Å²) in [6.07, 6.45) is 1.12. The Hall–Kier alpha value is -1.02. The highest BCUT2D eigenvalue weighted by atomic mass is 32.1. The molecule has 0 saturated carbocycles. The van der Waals surface area contributed by atoms with E-state index in [4.69, 9.17) is 5.73 Å². The van der Waals surface area contributed by atoms with Crippen molar-refractivity contribution < 1.29 is 0 Å². The van der Waals surface area contributed by atoms with Gasteiger partial charge in [0.1, 0.15) is 0 Å². The van der Waals surface area contributed by atoms with Crippen LogP contribution in [0.2, 0.25) is 0 Å². The molecule has 0 aliphatic heterocycles. The highest BCUT2D eigenvalue weighted by Gasteiger charge is 2.05. The fraction of sp³-hybridized carbons (Fsp3) is 0.273. The van der Waals surface area contributed by atoms with Gasteiger partial charge >= 0.3 is 0 Å². The SMILES string of the molecule is CCc1sc2cc(N)ccc2c1C. The largest absolute Gasteiger partial charge is 0.399 e. The molecule has 2 N–H and O–H groups in total. The molecule has 68 valence electrons. The number of rotatable bonds is 1. The van der Waals surface area contributed by atoms with Gasteiger partial charge in [-0.1, -0.05) is 13.0 Å². The van der Waals surface area contributed by atoms with E-state index in [9.17, 15) is 0 Å². The first-order chi connectivity index (χ1) is 6.22. The van der Waals surface area contributed by atoms with E-state index in [-0.39, 0.29) is 0 Å². The van der Waals surface area contributed by atoms with Crippen LogP contribution in [0.5, 0.6) is 0 Å². The van der Waals surface area contributed by atoms with Gasteiger partial charge in [-0.15, -0.1) is 11.3 Å². The Labute approximate surface area is 82.2 Å². The van der Waals surface area contributed by atoms with E-state index >= 15 is 0 Å². The molecule has 0 aliphatic rings. The monoisotopic (exact) mass is 191 g/mol. The van der Waals surface area contributed by atoms with E-state index in [0.29, 0.717) is 0 Å². The summed E-state index contributed by atoms with van der Waals surface area (Å²) < 4.78 is 1.31. The molecule has 0 fully saturated rings. The van der Waals surface area contributed by atoms with Gasteiger partial charge in [0.2, 0.25) is 0 Å². The second-order valence-electron chi connectivity index (χ2n) is 3.26. The van der Waals surface area contributed by atoms with Gasteiger partial charge in [0, 0.05) is 15.3 Å². The quantitative estimate of drug-likeness (QED) is 0.687. The van der Waals surface area contributed by atoms with Crippen molar-refractivity contribution in [3.05, 3.63) is 28.6 Å². The molecule has 0 radical (unpaired) electrons. The number of thiophene rings is 1. The molecule has 1 aromatic heterocycles. The number of anilines is 1. The molecule has 0 saturated heterocycles. The van der Waals surface area contributed by atoms with Crippen LogP contribution in [0.1, 0.15) is 17.4 Å². The van der Waals surface area contributed by atoms with E-state index in [1.54, 1.807) is 0 Å². The Balaban J connectivity index is 2.76. The zero-order valence-electron chi connectivity index (χ0n) is 7.92. The number of benzene rings is 1. The van der Waals surface area contributed by atoms with Crippen molar-refractivity contribution >= 4 is 27.1 Å². The van der Waals surface area contributed by atoms with Crippen LogP contribution in [-0.4, -0.2) is 0 Å². The molecule has 1 heterocycles. The van der Waals surface area contributed by atoms with Crippen LogP contribution in [0, 0.1) is 6.92 Å². The van der Waals surface area contributed by atoms with E-state index in [2.05, 4.69) is 26.0 Å². The minimum Gasteiger partial charge on any atom is -0.399 e. The van der Waals surface area contributed by atoms with Crippen molar-refractivity contribution in [3.8, 4) is 0 Å². The van der Waals surface area contributed by atoms with Gasteiger partial charge in [-0.05, 0) is 36.4 Å². The van der Waals surface area contributed by atoms with Gasteiger partial charge in [0.25, 0.3) is 0 Å². The maximum atomic E-state index is 5.73. The van der Waals surface area contributed by atoms with Crippen LogP contribution in [0.15, 0.2) is 18.2 Å². The van der Waals surface area contributed by atoms with Gasteiger partial charge in [-0.25, -0.2) is 0 Å². The lowest BCUT2D eigenvalue weighted by Gasteiger charge is -1.93. The van der Waals surface area contributed by atoms with E-state index in [0.717, 1.165) is 12.1 Å². The number of hydrogen-bond donors (Lipinski definition) is 1. The molecule has 0 unspecified atom stereocenters. The standard InChI is InChI=1S/C11H13NS/c1-3-10-7(2)9-5-4-8(12)6-11(9)13-10/h4-6H,3,12H2,1-2H3. The molecule has 1 aromatic carbocycles. The maximum absolute atomic E-state index is 5.73. The third kappa shape index (κ3) is 1.31. The van der Waals surface area contributed by atoms with Crippen LogP contribution < -0.4 is 5.73 Å². The zero-order chi connectivity index (χ0) is 9.42. The van der Waals surface area contributed by atoms with Crippen LogP contribution in [0.3, 0.4) is 0 Å². The molecule has 2 heteroatoms. The molecular formula is C11H13NS. The number of nitrogen functional groups attached to an aromatic ring is 1. The first kappa shape index (κ1) is 8.57. The smallest absolute Gasteiger partial charge is 0.0368 e. The molecule has 2 rings (SSSR count). The summed E-state index contributed by atoms with van der Waals surface area (Å²) in [6, 6.07) is 6.16. The molecule has 1 nitrogen and oxygen atoms in total. The van der Waals surface area contributed by atoms with Crippen LogP contribution in [-0.2, 0) is 6.42 Å². The van der Waals surface area contributed by atoms with Crippen LogP contribution in [0.25, 0.3) is 10.1 Å². The first-order valence-corrected chi connectivity index (χ1v) is 5.31. The average Bonchev–Trinajstić information content (AvgIpc) is 2.42. The minimum absolute atomic E-state index is 0.858. The Bertz CT molecular complexity index is 443. The third-order valence-electron chi connectivity index (χ3n) is 2.38. The second-order valence-corrected chi connectivity index (χ2v) is 4.40. The Morgan fingerprint density at radius 2 is 2.15 bits per heavy atom.